The van der Waals surface area contributed by atoms with Crippen LogP contribution in [0.3, 0.4) is 0 Å². The summed E-state index contributed by atoms with van der Waals surface area (Å²) < 4.78 is 5.00. The molecule has 0 bridgehead atoms. The number of hydrogen-bond acceptors (Lipinski definition) is 5. The number of aromatic nitrogens is 1. The third kappa shape index (κ3) is 7.03. The number of rotatable bonds is 9. The smallest absolute Gasteiger partial charge is 0.223 e. The van der Waals surface area contributed by atoms with Gasteiger partial charge in [-0.05, 0) is 49.1 Å². The van der Waals surface area contributed by atoms with Crippen molar-refractivity contribution in [1.29, 1.82) is 0 Å². The molecule has 1 aromatic rings. The first-order chi connectivity index (χ1) is 15.9. The van der Waals surface area contributed by atoms with E-state index in [1.807, 2.05) is 29.3 Å². The Morgan fingerprint density at radius 3 is 2.61 bits per heavy atom. The summed E-state index contributed by atoms with van der Waals surface area (Å²) >= 11 is 0. The summed E-state index contributed by atoms with van der Waals surface area (Å²) in [5, 5.41) is 3.07. The predicted molar refractivity (Wildman–Crippen MR) is 131 cm³/mol. The summed E-state index contributed by atoms with van der Waals surface area (Å²) in [4.78, 5) is 33.8. The van der Waals surface area contributed by atoms with E-state index in [9.17, 15) is 9.59 Å². The minimum absolute atomic E-state index is 0.0348. The third-order valence-electron chi connectivity index (χ3n) is 7.18. The molecule has 2 heterocycles. The molecular weight excluding hydrogens is 416 g/mol. The lowest BCUT2D eigenvalue weighted by molar-refractivity contribution is -0.132. The number of carbonyl (C=O) groups is 2. The Balaban J connectivity index is 1.54. The number of nitrogens with zero attached hydrogens (tertiary/aromatic N) is 3. The molecule has 1 fully saturated rings. The Bertz CT molecular complexity index is 803. The average molecular weight is 457 g/mol. The lowest BCUT2D eigenvalue weighted by atomic mass is 9.69. The van der Waals surface area contributed by atoms with E-state index in [-0.39, 0.29) is 17.7 Å². The number of pyridine rings is 1. The van der Waals surface area contributed by atoms with Gasteiger partial charge in [-0.25, -0.2) is 4.98 Å². The van der Waals surface area contributed by atoms with Crippen molar-refractivity contribution >= 4 is 17.6 Å². The van der Waals surface area contributed by atoms with Crippen molar-refractivity contribution in [2.24, 2.45) is 23.7 Å². The van der Waals surface area contributed by atoms with Crippen LogP contribution in [0.15, 0.2) is 36.0 Å². The van der Waals surface area contributed by atoms with Gasteiger partial charge in [-0.3, -0.25) is 9.59 Å². The van der Waals surface area contributed by atoms with Crippen LogP contribution >= 0.6 is 0 Å². The first-order valence-corrected chi connectivity index (χ1v) is 12.3. The summed E-state index contributed by atoms with van der Waals surface area (Å²) in [5.41, 5.74) is 1.28. The lowest BCUT2D eigenvalue weighted by Gasteiger charge is -2.39. The maximum atomic E-state index is 13.1. The molecule has 0 radical (unpaired) electrons. The molecule has 1 saturated heterocycles. The van der Waals surface area contributed by atoms with Gasteiger partial charge in [0.2, 0.25) is 11.8 Å². The highest BCUT2D eigenvalue weighted by Gasteiger charge is 2.34. The fourth-order valence-electron chi connectivity index (χ4n) is 5.09. The van der Waals surface area contributed by atoms with Crippen molar-refractivity contribution in [3.63, 3.8) is 0 Å². The summed E-state index contributed by atoms with van der Waals surface area (Å²) in [5.74, 6) is 2.81. The van der Waals surface area contributed by atoms with Crippen LogP contribution in [0.4, 0.5) is 5.82 Å². The molecule has 0 saturated carbocycles. The number of carbonyl (C=O) groups excluding carboxylic acids is 2. The monoisotopic (exact) mass is 456 g/mol. The molecular formula is C26H40N4O3. The Labute approximate surface area is 198 Å². The number of nitrogens with one attached hydrogen (secondary N) is 1. The van der Waals surface area contributed by atoms with Crippen molar-refractivity contribution < 1.29 is 14.3 Å². The molecule has 1 N–H and O–H groups in total. The summed E-state index contributed by atoms with van der Waals surface area (Å²) in [7, 11) is 1.61. The van der Waals surface area contributed by atoms with E-state index < -0.39 is 0 Å². The molecule has 2 amide bonds. The number of piperazine rings is 1. The molecule has 1 aromatic heterocycles. The van der Waals surface area contributed by atoms with E-state index in [1.165, 1.54) is 5.57 Å². The summed E-state index contributed by atoms with van der Waals surface area (Å²) in [6.45, 7) is 10.9. The minimum atomic E-state index is 0.0348. The lowest BCUT2D eigenvalue weighted by Crippen LogP contribution is -2.49. The van der Waals surface area contributed by atoms with E-state index in [1.54, 1.807) is 7.11 Å². The van der Waals surface area contributed by atoms with Gasteiger partial charge in [-0.1, -0.05) is 31.6 Å². The Kier molecular flexibility index (Phi) is 9.30. The van der Waals surface area contributed by atoms with E-state index in [0.29, 0.717) is 43.7 Å². The molecule has 3 rings (SSSR count). The highest BCUT2D eigenvalue weighted by atomic mass is 16.5. The van der Waals surface area contributed by atoms with Crippen LogP contribution in [0.1, 0.15) is 40.0 Å². The van der Waals surface area contributed by atoms with Crippen molar-refractivity contribution in [1.82, 2.24) is 15.2 Å². The Morgan fingerprint density at radius 2 is 1.97 bits per heavy atom. The van der Waals surface area contributed by atoms with E-state index in [0.717, 1.165) is 38.4 Å². The van der Waals surface area contributed by atoms with Gasteiger partial charge >= 0.3 is 0 Å². The first kappa shape index (κ1) is 25.2. The zero-order chi connectivity index (χ0) is 23.8. The van der Waals surface area contributed by atoms with Gasteiger partial charge in [-0.15, -0.1) is 0 Å². The van der Waals surface area contributed by atoms with Crippen LogP contribution in [-0.4, -0.2) is 68.1 Å². The van der Waals surface area contributed by atoms with Crippen LogP contribution < -0.4 is 10.2 Å². The fraction of sp³-hybridized carbons (Fsp3) is 0.654. The zero-order valence-electron chi connectivity index (χ0n) is 20.6. The van der Waals surface area contributed by atoms with E-state index in [4.69, 9.17) is 4.74 Å². The summed E-state index contributed by atoms with van der Waals surface area (Å²) in [6.07, 6.45) is 6.08. The predicted octanol–water partition coefficient (Wildman–Crippen LogP) is 3.13. The van der Waals surface area contributed by atoms with Crippen LogP contribution in [0.25, 0.3) is 0 Å². The van der Waals surface area contributed by atoms with Gasteiger partial charge in [0.25, 0.3) is 0 Å². The molecule has 3 atom stereocenters. The molecule has 182 valence electrons. The van der Waals surface area contributed by atoms with Gasteiger partial charge in [0, 0.05) is 58.9 Å². The number of allylic oxidation sites excluding steroid dienone is 1. The fourth-order valence-corrected chi connectivity index (χ4v) is 5.09. The van der Waals surface area contributed by atoms with Gasteiger partial charge in [0.15, 0.2) is 0 Å². The van der Waals surface area contributed by atoms with Crippen molar-refractivity contribution in [2.75, 3.05) is 51.3 Å². The van der Waals surface area contributed by atoms with E-state index in [2.05, 4.69) is 42.0 Å². The van der Waals surface area contributed by atoms with Crippen molar-refractivity contribution in [2.45, 2.75) is 40.0 Å². The molecule has 7 nitrogen and oxygen atoms in total. The van der Waals surface area contributed by atoms with Gasteiger partial charge in [0.05, 0.1) is 6.61 Å². The SMILES string of the molecule is COCCC(=O)NCC1C=C(C)C(CC(=O)N2CCN(c3ccccn3)CC2)CC1C(C)C. The average Bonchev–Trinajstić information content (AvgIpc) is 2.83. The highest BCUT2D eigenvalue weighted by molar-refractivity contribution is 5.77. The molecule has 33 heavy (non-hydrogen) atoms. The highest BCUT2D eigenvalue weighted by Crippen LogP contribution is 2.39. The minimum Gasteiger partial charge on any atom is -0.384 e. The second-order valence-corrected chi connectivity index (χ2v) is 9.72. The number of ether oxygens (including phenoxy) is 1. The Morgan fingerprint density at radius 1 is 1.21 bits per heavy atom. The van der Waals surface area contributed by atoms with Crippen molar-refractivity contribution in [3.8, 4) is 0 Å². The summed E-state index contributed by atoms with van der Waals surface area (Å²) in [6, 6.07) is 5.95. The van der Waals surface area contributed by atoms with Crippen LogP contribution in [0.2, 0.25) is 0 Å². The molecule has 0 aromatic carbocycles. The van der Waals surface area contributed by atoms with Crippen LogP contribution in [-0.2, 0) is 14.3 Å². The standard InChI is InChI=1S/C26H40N4O3/c1-19(2)23-16-21(20(3)15-22(23)18-28-25(31)8-14-33-4)17-26(32)30-12-10-29(11-13-30)24-7-5-6-9-27-24/h5-7,9,15,19,21-23H,8,10-14,16-18H2,1-4H3,(H,28,31). The largest absolute Gasteiger partial charge is 0.384 e. The molecule has 1 aliphatic carbocycles. The van der Waals surface area contributed by atoms with Gasteiger partial charge < -0.3 is 19.9 Å². The second-order valence-electron chi connectivity index (χ2n) is 9.72. The molecule has 2 aliphatic rings. The maximum absolute atomic E-state index is 13.1. The molecule has 1 aliphatic heterocycles. The maximum Gasteiger partial charge on any atom is 0.223 e. The topological polar surface area (TPSA) is 74.8 Å². The molecule has 3 unspecified atom stereocenters. The zero-order valence-corrected chi connectivity index (χ0v) is 20.6. The molecule has 0 spiro atoms. The van der Waals surface area contributed by atoms with Crippen molar-refractivity contribution in [3.05, 3.63) is 36.0 Å². The normalized spacial score (nSPS) is 23.4. The van der Waals surface area contributed by atoms with Crippen LogP contribution in [0, 0.1) is 23.7 Å². The Hall–Kier alpha value is -2.41. The van der Waals surface area contributed by atoms with Gasteiger partial charge in [0.1, 0.15) is 5.82 Å². The number of methoxy groups -OCH3 is 1. The number of anilines is 1. The molecule has 7 heteroatoms. The third-order valence-corrected chi connectivity index (χ3v) is 7.18. The first-order valence-electron chi connectivity index (χ1n) is 12.3. The quantitative estimate of drug-likeness (QED) is 0.578. The van der Waals surface area contributed by atoms with Crippen LogP contribution in [0.5, 0.6) is 0 Å². The van der Waals surface area contributed by atoms with Gasteiger partial charge in [-0.2, -0.15) is 0 Å². The van der Waals surface area contributed by atoms with E-state index >= 15 is 0 Å². The second kappa shape index (κ2) is 12.2. The number of amides is 2. The number of hydrogen-bond donors (Lipinski definition) is 1.